The fourth-order valence-corrected chi connectivity index (χ4v) is 0.868. The number of thiocarbonyl (C=S) groups is 1. The highest BCUT2D eigenvalue weighted by Gasteiger charge is 1.82. The summed E-state index contributed by atoms with van der Waals surface area (Å²) in [5.41, 5.74) is 1.73. The van der Waals surface area contributed by atoms with Gasteiger partial charge in [0.05, 0.1) is 15.8 Å². The first-order valence-electron chi connectivity index (χ1n) is 1.70. The van der Waals surface area contributed by atoms with E-state index in [1.165, 1.54) is 11.3 Å². The molecule has 1 radical (unpaired) electrons. The quantitative estimate of drug-likeness (QED) is 0.530. The molecular formula is C4H2NS2. The van der Waals surface area contributed by atoms with Crippen LogP contribution in [0.25, 0.3) is 0 Å². The highest BCUT2D eigenvalue weighted by Crippen LogP contribution is 1.99. The van der Waals surface area contributed by atoms with E-state index in [9.17, 15) is 0 Å². The predicted octanol–water partition coefficient (Wildman–Crippen LogP) is 1.37. The topological polar surface area (TPSA) is 12.9 Å². The van der Waals surface area contributed by atoms with Crippen LogP contribution in [-0.2, 0) is 0 Å². The molecule has 0 saturated carbocycles. The molecule has 0 N–H and O–H groups in total. The van der Waals surface area contributed by atoms with Gasteiger partial charge in [0.25, 0.3) is 0 Å². The van der Waals surface area contributed by atoms with Crippen molar-refractivity contribution in [3.63, 3.8) is 0 Å². The van der Waals surface area contributed by atoms with Crippen molar-refractivity contribution >= 4 is 28.9 Å². The molecule has 0 bridgehead atoms. The normalized spacial score (nSPS) is 8.57. The molecule has 0 amide bonds. The Labute approximate surface area is 51.0 Å². The van der Waals surface area contributed by atoms with Gasteiger partial charge in [-0.15, -0.1) is 11.3 Å². The van der Waals surface area contributed by atoms with Crippen LogP contribution in [0.3, 0.4) is 0 Å². The Morgan fingerprint density at radius 3 is 3.00 bits per heavy atom. The molecule has 0 aliphatic rings. The molecule has 0 saturated heterocycles. The summed E-state index contributed by atoms with van der Waals surface area (Å²) in [6, 6.07) is 0. The molecule has 3 heteroatoms. The summed E-state index contributed by atoms with van der Waals surface area (Å²) in [7, 11) is 0. The van der Waals surface area contributed by atoms with Crippen molar-refractivity contribution in [3.05, 3.63) is 16.6 Å². The number of aromatic nitrogens is 1. The van der Waals surface area contributed by atoms with Crippen LogP contribution < -0.4 is 0 Å². The smallest absolute Gasteiger partial charge is 0.0798 e. The third-order valence-corrected chi connectivity index (χ3v) is 1.57. The molecule has 7 heavy (non-hydrogen) atoms. The van der Waals surface area contributed by atoms with E-state index >= 15 is 0 Å². The van der Waals surface area contributed by atoms with Gasteiger partial charge in [-0.2, -0.15) is 0 Å². The van der Waals surface area contributed by atoms with E-state index in [1.54, 1.807) is 11.7 Å². The maximum absolute atomic E-state index is 4.49. The molecule has 35 valence electrons. The molecule has 1 aromatic heterocycles. The number of nitrogens with zero attached hydrogens (tertiary/aromatic N) is 1. The van der Waals surface area contributed by atoms with Gasteiger partial charge in [-0.25, -0.2) is 0 Å². The fourth-order valence-electron chi connectivity index (χ4n) is 0.266. The van der Waals surface area contributed by atoms with Crippen molar-refractivity contribution in [1.29, 1.82) is 0 Å². The van der Waals surface area contributed by atoms with Gasteiger partial charge in [0.15, 0.2) is 0 Å². The van der Waals surface area contributed by atoms with E-state index in [0.717, 1.165) is 4.88 Å². The Morgan fingerprint density at radius 1 is 1.86 bits per heavy atom. The van der Waals surface area contributed by atoms with Gasteiger partial charge in [-0.1, -0.05) is 12.2 Å². The zero-order chi connectivity index (χ0) is 5.11. The molecule has 0 spiro atoms. The van der Waals surface area contributed by atoms with Crippen LogP contribution in [0, 0.1) is 0 Å². The van der Waals surface area contributed by atoms with Crippen LogP contribution in [0.1, 0.15) is 4.88 Å². The molecule has 1 aromatic rings. The maximum atomic E-state index is 4.49. The largest absolute Gasteiger partial charge is 0.252 e. The molecule has 1 heterocycles. The lowest BCUT2D eigenvalue weighted by molar-refractivity contribution is 1.42. The second-order valence-electron chi connectivity index (χ2n) is 0.968. The van der Waals surface area contributed by atoms with Crippen molar-refractivity contribution in [1.82, 2.24) is 4.98 Å². The lowest BCUT2D eigenvalue weighted by atomic mass is 10.6. The summed E-state index contributed by atoms with van der Waals surface area (Å²) in [5, 5.41) is 2.55. The van der Waals surface area contributed by atoms with Crippen LogP contribution in [-0.4, -0.2) is 10.4 Å². The molecule has 0 aliphatic heterocycles. The van der Waals surface area contributed by atoms with E-state index in [0.29, 0.717) is 0 Å². The standard InChI is InChI=1S/C4H2NS2/c6-2-4-1-5-3-7-4/h1,3H. The van der Waals surface area contributed by atoms with E-state index in [1.807, 2.05) is 0 Å². The monoisotopic (exact) mass is 128 g/mol. The van der Waals surface area contributed by atoms with Gasteiger partial charge < -0.3 is 0 Å². The minimum Gasteiger partial charge on any atom is -0.252 e. The second-order valence-corrected chi connectivity index (χ2v) is 2.06. The third kappa shape index (κ3) is 1.04. The minimum absolute atomic E-state index is 0.926. The van der Waals surface area contributed by atoms with Gasteiger partial charge in [0.2, 0.25) is 0 Å². The summed E-state index contributed by atoms with van der Waals surface area (Å²) in [6.07, 6.45) is 1.69. The zero-order valence-corrected chi connectivity index (χ0v) is 5.05. The number of rotatable bonds is 1. The van der Waals surface area contributed by atoms with E-state index < -0.39 is 0 Å². The average Bonchev–Trinajstić information content (AvgIpc) is 2.14. The van der Waals surface area contributed by atoms with Crippen LogP contribution >= 0.6 is 23.6 Å². The van der Waals surface area contributed by atoms with Crippen LogP contribution in [0.15, 0.2) is 11.7 Å². The lowest BCUT2D eigenvalue weighted by Gasteiger charge is -1.65. The lowest BCUT2D eigenvalue weighted by Crippen LogP contribution is -1.60. The molecule has 0 fully saturated rings. The Balaban J connectivity index is 2.96. The van der Waals surface area contributed by atoms with Crippen molar-refractivity contribution < 1.29 is 0 Å². The van der Waals surface area contributed by atoms with E-state index in [-0.39, 0.29) is 0 Å². The Kier molecular flexibility index (Phi) is 1.49. The van der Waals surface area contributed by atoms with E-state index in [4.69, 9.17) is 0 Å². The van der Waals surface area contributed by atoms with Gasteiger partial charge in [-0.3, -0.25) is 4.98 Å². The minimum atomic E-state index is 0.926. The summed E-state index contributed by atoms with van der Waals surface area (Å²) in [6.45, 7) is 0. The Hall–Kier alpha value is -0.280. The number of hydrogen-bond acceptors (Lipinski definition) is 3. The highest BCUT2D eigenvalue weighted by atomic mass is 32.1. The van der Waals surface area contributed by atoms with Crippen molar-refractivity contribution in [2.45, 2.75) is 0 Å². The summed E-state index contributed by atoms with van der Waals surface area (Å²) in [5.74, 6) is 0. The molecule has 1 rings (SSSR count). The molecule has 0 unspecified atom stereocenters. The van der Waals surface area contributed by atoms with Crippen molar-refractivity contribution in [2.75, 3.05) is 0 Å². The first-order valence-corrected chi connectivity index (χ1v) is 2.99. The third-order valence-electron chi connectivity index (χ3n) is 0.533. The summed E-state index contributed by atoms with van der Waals surface area (Å²) in [4.78, 5) is 4.71. The number of thiazole rings is 1. The van der Waals surface area contributed by atoms with Gasteiger partial charge in [0.1, 0.15) is 0 Å². The van der Waals surface area contributed by atoms with Gasteiger partial charge >= 0.3 is 0 Å². The first kappa shape index (κ1) is 4.87. The fraction of sp³-hybridized carbons (Fsp3) is 0. The van der Waals surface area contributed by atoms with Crippen LogP contribution in [0.2, 0.25) is 0 Å². The molecule has 0 atom stereocenters. The van der Waals surface area contributed by atoms with E-state index in [2.05, 4.69) is 22.6 Å². The average molecular weight is 128 g/mol. The second kappa shape index (κ2) is 2.14. The molecule has 0 aromatic carbocycles. The Morgan fingerprint density at radius 2 is 2.71 bits per heavy atom. The summed E-state index contributed by atoms with van der Waals surface area (Å²) >= 11 is 5.99. The van der Waals surface area contributed by atoms with Gasteiger partial charge in [-0.05, 0) is 0 Å². The Bertz CT molecular complexity index is 145. The van der Waals surface area contributed by atoms with Gasteiger partial charge in [0, 0.05) is 6.20 Å². The zero-order valence-electron chi connectivity index (χ0n) is 3.42. The summed E-state index contributed by atoms with van der Waals surface area (Å²) < 4.78 is 0. The first-order chi connectivity index (χ1) is 3.43. The maximum Gasteiger partial charge on any atom is 0.0798 e. The SMILES string of the molecule is S=[C]c1cncs1. The molecule has 1 nitrogen and oxygen atoms in total. The van der Waals surface area contributed by atoms with Crippen LogP contribution in [0.4, 0.5) is 0 Å². The molecule has 0 aliphatic carbocycles. The van der Waals surface area contributed by atoms with Crippen molar-refractivity contribution in [3.8, 4) is 0 Å². The predicted molar refractivity (Wildman–Crippen MR) is 33.8 cm³/mol. The number of hydrogen-bond donors (Lipinski definition) is 0. The molecular weight excluding hydrogens is 126 g/mol. The van der Waals surface area contributed by atoms with Crippen LogP contribution in [0.5, 0.6) is 0 Å². The highest BCUT2D eigenvalue weighted by molar-refractivity contribution is 7.79. The van der Waals surface area contributed by atoms with Crippen molar-refractivity contribution in [2.24, 2.45) is 0 Å².